The van der Waals surface area contributed by atoms with Gasteiger partial charge in [0.25, 0.3) is 0 Å². The Balaban J connectivity index is 0.00000112. The summed E-state index contributed by atoms with van der Waals surface area (Å²) >= 11 is 0. The smallest absolute Gasteiger partial charge is 0.118 e. The summed E-state index contributed by atoms with van der Waals surface area (Å²) < 4.78 is 5.14. The minimum atomic E-state index is 0. The van der Waals surface area contributed by atoms with Gasteiger partial charge < -0.3 is 10.1 Å². The van der Waals surface area contributed by atoms with Crippen LogP contribution in [0.1, 0.15) is 24.3 Å². The molecule has 0 spiro atoms. The van der Waals surface area contributed by atoms with Crippen LogP contribution in [0.2, 0.25) is 0 Å². The highest BCUT2D eigenvalue weighted by atomic mass is 35.5. The summed E-state index contributed by atoms with van der Waals surface area (Å²) in [6, 6.07) is 8.45. The topological polar surface area (TPSA) is 21.3 Å². The standard InChI is InChI=1S/C12H17NO.ClH/c1-14-12-6-4-10(5-7-12)11-3-2-8-13-9-11;/h4-7,11,13H,2-3,8-9H2,1H3;1H/t11-;/m0./s1. The van der Waals surface area contributed by atoms with Crippen molar-refractivity contribution in [1.29, 1.82) is 0 Å². The Morgan fingerprint density at radius 1 is 1.27 bits per heavy atom. The van der Waals surface area contributed by atoms with Gasteiger partial charge in [0.05, 0.1) is 7.11 Å². The summed E-state index contributed by atoms with van der Waals surface area (Å²) in [7, 11) is 1.71. The van der Waals surface area contributed by atoms with Gasteiger partial charge in [-0.3, -0.25) is 0 Å². The van der Waals surface area contributed by atoms with E-state index in [0.717, 1.165) is 12.3 Å². The molecule has 2 nitrogen and oxygen atoms in total. The Labute approximate surface area is 97.4 Å². The van der Waals surface area contributed by atoms with E-state index in [9.17, 15) is 0 Å². The van der Waals surface area contributed by atoms with Crippen molar-refractivity contribution in [3.05, 3.63) is 29.8 Å². The molecule has 0 aromatic heterocycles. The lowest BCUT2D eigenvalue weighted by Gasteiger charge is -2.23. The zero-order chi connectivity index (χ0) is 9.80. The van der Waals surface area contributed by atoms with Crippen molar-refractivity contribution in [1.82, 2.24) is 5.32 Å². The minimum absolute atomic E-state index is 0. The molecule has 1 aliphatic rings. The minimum Gasteiger partial charge on any atom is -0.497 e. The second-order valence-electron chi connectivity index (χ2n) is 3.82. The van der Waals surface area contributed by atoms with Crippen LogP contribution in [-0.4, -0.2) is 20.2 Å². The first-order valence-corrected chi connectivity index (χ1v) is 5.25. The van der Waals surface area contributed by atoms with E-state index >= 15 is 0 Å². The first-order chi connectivity index (χ1) is 6.90. The van der Waals surface area contributed by atoms with Crippen LogP contribution in [0.5, 0.6) is 5.75 Å². The lowest BCUT2D eigenvalue weighted by Crippen LogP contribution is -2.28. The summed E-state index contributed by atoms with van der Waals surface area (Å²) in [5.74, 6) is 1.63. The maximum atomic E-state index is 5.14. The van der Waals surface area contributed by atoms with Crippen molar-refractivity contribution in [2.24, 2.45) is 0 Å². The zero-order valence-electron chi connectivity index (χ0n) is 9.03. The fraction of sp³-hybridized carbons (Fsp3) is 0.500. The quantitative estimate of drug-likeness (QED) is 0.839. The van der Waals surface area contributed by atoms with Gasteiger partial charge in [-0.05, 0) is 43.0 Å². The third-order valence-corrected chi connectivity index (χ3v) is 2.88. The monoisotopic (exact) mass is 227 g/mol. The number of benzene rings is 1. The number of hydrogen-bond donors (Lipinski definition) is 1. The summed E-state index contributed by atoms with van der Waals surface area (Å²) in [6.07, 6.45) is 2.59. The Kier molecular flexibility index (Phi) is 4.92. The van der Waals surface area contributed by atoms with Gasteiger partial charge in [0, 0.05) is 6.54 Å². The maximum absolute atomic E-state index is 5.14. The predicted molar refractivity (Wildman–Crippen MR) is 65.1 cm³/mol. The van der Waals surface area contributed by atoms with Crippen molar-refractivity contribution < 1.29 is 4.74 Å². The Morgan fingerprint density at radius 2 is 2.00 bits per heavy atom. The number of halogens is 1. The second kappa shape index (κ2) is 5.99. The molecule has 1 aliphatic heterocycles. The van der Waals surface area contributed by atoms with Gasteiger partial charge in [0.1, 0.15) is 5.75 Å². The number of methoxy groups -OCH3 is 1. The first-order valence-electron chi connectivity index (χ1n) is 5.25. The van der Waals surface area contributed by atoms with Gasteiger partial charge in [-0.15, -0.1) is 12.4 Å². The van der Waals surface area contributed by atoms with Crippen LogP contribution < -0.4 is 10.1 Å². The molecule has 0 amide bonds. The molecule has 1 N–H and O–H groups in total. The number of ether oxygens (including phenoxy) is 1. The molecule has 1 aromatic carbocycles. The molecule has 15 heavy (non-hydrogen) atoms. The summed E-state index contributed by atoms with van der Waals surface area (Å²) in [5.41, 5.74) is 1.43. The van der Waals surface area contributed by atoms with Crippen molar-refractivity contribution in [2.75, 3.05) is 20.2 Å². The average molecular weight is 228 g/mol. The number of rotatable bonds is 2. The van der Waals surface area contributed by atoms with E-state index in [1.165, 1.54) is 24.9 Å². The van der Waals surface area contributed by atoms with E-state index in [1.807, 2.05) is 12.1 Å². The molecule has 0 aliphatic carbocycles. The fourth-order valence-corrected chi connectivity index (χ4v) is 2.01. The third kappa shape index (κ3) is 3.11. The SMILES string of the molecule is COc1ccc([C@H]2CCCNC2)cc1.Cl. The van der Waals surface area contributed by atoms with Crippen LogP contribution >= 0.6 is 12.4 Å². The molecule has 0 unspecified atom stereocenters. The Morgan fingerprint density at radius 3 is 2.53 bits per heavy atom. The molecule has 0 saturated carbocycles. The van der Waals surface area contributed by atoms with E-state index in [4.69, 9.17) is 4.74 Å². The highest BCUT2D eigenvalue weighted by Gasteiger charge is 2.14. The molecule has 0 radical (unpaired) electrons. The van der Waals surface area contributed by atoms with Crippen LogP contribution in [0.15, 0.2) is 24.3 Å². The van der Waals surface area contributed by atoms with Crippen molar-refractivity contribution >= 4 is 12.4 Å². The van der Waals surface area contributed by atoms with Crippen molar-refractivity contribution in [3.8, 4) is 5.75 Å². The maximum Gasteiger partial charge on any atom is 0.118 e. The van der Waals surface area contributed by atoms with Gasteiger partial charge in [-0.25, -0.2) is 0 Å². The zero-order valence-corrected chi connectivity index (χ0v) is 9.85. The summed E-state index contributed by atoms with van der Waals surface area (Å²) in [6.45, 7) is 2.29. The lowest BCUT2D eigenvalue weighted by atomic mass is 9.92. The van der Waals surface area contributed by atoms with Gasteiger partial charge in [0.15, 0.2) is 0 Å². The molecule has 1 fully saturated rings. The van der Waals surface area contributed by atoms with E-state index < -0.39 is 0 Å². The highest BCUT2D eigenvalue weighted by Crippen LogP contribution is 2.24. The largest absolute Gasteiger partial charge is 0.497 e. The predicted octanol–water partition coefficient (Wildman–Crippen LogP) is 2.58. The average Bonchev–Trinajstić information content (AvgIpc) is 2.30. The number of nitrogens with one attached hydrogen (secondary N) is 1. The van der Waals surface area contributed by atoms with Crippen molar-refractivity contribution in [3.63, 3.8) is 0 Å². The fourth-order valence-electron chi connectivity index (χ4n) is 2.01. The molecule has 1 saturated heterocycles. The second-order valence-corrected chi connectivity index (χ2v) is 3.82. The molecule has 0 bridgehead atoms. The normalized spacial score (nSPS) is 20.5. The molecule has 1 heterocycles. The van der Waals surface area contributed by atoms with E-state index in [0.29, 0.717) is 5.92 Å². The van der Waals surface area contributed by atoms with Crippen molar-refractivity contribution in [2.45, 2.75) is 18.8 Å². The Bertz CT molecular complexity index is 280. The molecule has 1 aromatic rings. The van der Waals surface area contributed by atoms with Crippen LogP contribution in [0.25, 0.3) is 0 Å². The van der Waals surface area contributed by atoms with Gasteiger partial charge in [-0.2, -0.15) is 0 Å². The summed E-state index contributed by atoms with van der Waals surface area (Å²) in [4.78, 5) is 0. The van der Waals surface area contributed by atoms with Crippen LogP contribution in [0.3, 0.4) is 0 Å². The van der Waals surface area contributed by atoms with E-state index in [1.54, 1.807) is 7.11 Å². The van der Waals surface area contributed by atoms with Gasteiger partial charge in [0.2, 0.25) is 0 Å². The lowest BCUT2D eigenvalue weighted by molar-refractivity contribution is 0.413. The van der Waals surface area contributed by atoms with Gasteiger partial charge >= 0.3 is 0 Å². The third-order valence-electron chi connectivity index (χ3n) is 2.88. The molecular formula is C12H18ClNO. The Hall–Kier alpha value is -0.730. The number of hydrogen-bond acceptors (Lipinski definition) is 2. The molecule has 2 rings (SSSR count). The van der Waals surface area contributed by atoms with E-state index in [-0.39, 0.29) is 12.4 Å². The molecular weight excluding hydrogens is 210 g/mol. The first kappa shape index (κ1) is 12.3. The summed E-state index contributed by atoms with van der Waals surface area (Å²) in [5, 5.41) is 3.43. The highest BCUT2D eigenvalue weighted by molar-refractivity contribution is 5.85. The van der Waals surface area contributed by atoms with Crippen LogP contribution in [0, 0.1) is 0 Å². The van der Waals surface area contributed by atoms with Crippen LogP contribution in [0.4, 0.5) is 0 Å². The van der Waals surface area contributed by atoms with Crippen LogP contribution in [-0.2, 0) is 0 Å². The molecule has 84 valence electrons. The van der Waals surface area contributed by atoms with Gasteiger partial charge in [-0.1, -0.05) is 12.1 Å². The molecule has 1 atom stereocenters. The number of piperidine rings is 1. The van der Waals surface area contributed by atoms with E-state index in [2.05, 4.69) is 17.4 Å². The molecule has 3 heteroatoms.